The fraction of sp³-hybridized carbons (Fsp3) is 0.0909. The first-order chi connectivity index (χ1) is 15.0. The molecule has 0 bridgehead atoms. The van der Waals surface area contributed by atoms with Crippen molar-refractivity contribution >= 4 is 28.2 Å². The van der Waals surface area contributed by atoms with Crippen molar-refractivity contribution in [2.45, 2.75) is 6.61 Å². The molecule has 0 saturated carbocycles. The van der Waals surface area contributed by atoms with Gasteiger partial charge in [0.2, 0.25) is 0 Å². The molecule has 0 saturated heterocycles. The Bertz CT molecular complexity index is 1250. The van der Waals surface area contributed by atoms with E-state index in [1.54, 1.807) is 36.7 Å². The van der Waals surface area contributed by atoms with E-state index < -0.39 is 10.8 Å². The molecule has 9 heteroatoms. The van der Waals surface area contributed by atoms with Gasteiger partial charge >= 0.3 is 0 Å². The van der Waals surface area contributed by atoms with Crippen LogP contribution in [0.5, 0.6) is 11.5 Å². The highest BCUT2D eigenvalue weighted by Gasteiger charge is 2.16. The van der Waals surface area contributed by atoms with Crippen LogP contribution in [-0.4, -0.2) is 27.9 Å². The van der Waals surface area contributed by atoms with Crippen LogP contribution in [0, 0.1) is 10.1 Å². The molecule has 2 aromatic heterocycles. The zero-order valence-corrected chi connectivity index (χ0v) is 16.5. The summed E-state index contributed by atoms with van der Waals surface area (Å²) in [5.41, 5.74) is 2.28. The summed E-state index contributed by atoms with van der Waals surface area (Å²) in [7, 11) is 1.53. The standard InChI is InChI=1S/C22H18N4O5/c1-30-20-5-2-15(10-21(20)31-13-14-6-8-23-9-7-14)25-22(27)18-12-24-19-4-3-16(26(28)29)11-17(18)19/h2-12,24H,13H2,1H3,(H,25,27). The number of aromatic amines is 1. The molecule has 4 aromatic rings. The van der Waals surface area contributed by atoms with Crippen LogP contribution in [0.25, 0.3) is 10.9 Å². The van der Waals surface area contributed by atoms with Gasteiger partial charge < -0.3 is 19.8 Å². The molecule has 0 radical (unpaired) electrons. The number of H-pyrrole nitrogens is 1. The van der Waals surface area contributed by atoms with Crippen molar-refractivity contribution in [3.63, 3.8) is 0 Å². The van der Waals surface area contributed by atoms with E-state index in [9.17, 15) is 14.9 Å². The number of carbonyl (C=O) groups is 1. The number of benzene rings is 2. The van der Waals surface area contributed by atoms with Crippen molar-refractivity contribution in [1.82, 2.24) is 9.97 Å². The number of carbonyl (C=O) groups excluding carboxylic acids is 1. The van der Waals surface area contributed by atoms with Crippen LogP contribution < -0.4 is 14.8 Å². The number of hydrogen-bond donors (Lipinski definition) is 2. The van der Waals surface area contributed by atoms with Crippen LogP contribution >= 0.6 is 0 Å². The number of nitro benzene ring substituents is 1. The number of anilines is 1. The lowest BCUT2D eigenvalue weighted by Gasteiger charge is -2.13. The smallest absolute Gasteiger partial charge is 0.270 e. The maximum atomic E-state index is 12.8. The summed E-state index contributed by atoms with van der Waals surface area (Å²) < 4.78 is 11.2. The second-order valence-electron chi connectivity index (χ2n) is 6.65. The number of amides is 1. The van der Waals surface area contributed by atoms with E-state index in [2.05, 4.69) is 15.3 Å². The van der Waals surface area contributed by atoms with Gasteiger partial charge in [-0.1, -0.05) is 0 Å². The lowest BCUT2D eigenvalue weighted by atomic mass is 10.1. The number of pyridine rings is 1. The van der Waals surface area contributed by atoms with E-state index in [4.69, 9.17) is 9.47 Å². The molecular weight excluding hydrogens is 400 g/mol. The molecule has 4 rings (SSSR count). The zero-order chi connectivity index (χ0) is 21.8. The Kier molecular flexibility index (Phi) is 5.48. The summed E-state index contributed by atoms with van der Waals surface area (Å²) >= 11 is 0. The van der Waals surface area contributed by atoms with Gasteiger partial charge in [0.25, 0.3) is 11.6 Å². The average Bonchev–Trinajstić information content (AvgIpc) is 3.22. The van der Waals surface area contributed by atoms with Crippen LogP contribution in [0.3, 0.4) is 0 Å². The van der Waals surface area contributed by atoms with Gasteiger partial charge in [0, 0.05) is 53.4 Å². The summed E-state index contributed by atoms with van der Waals surface area (Å²) in [6, 6.07) is 13.1. The minimum atomic E-state index is -0.496. The summed E-state index contributed by atoms with van der Waals surface area (Å²) in [4.78, 5) is 30.3. The molecule has 0 aliphatic carbocycles. The Morgan fingerprint density at radius 2 is 1.94 bits per heavy atom. The molecule has 0 atom stereocenters. The highest BCUT2D eigenvalue weighted by Crippen LogP contribution is 2.31. The molecule has 0 spiro atoms. The van der Waals surface area contributed by atoms with Crippen LogP contribution in [0.1, 0.15) is 15.9 Å². The van der Waals surface area contributed by atoms with Crippen LogP contribution in [0.2, 0.25) is 0 Å². The van der Waals surface area contributed by atoms with Gasteiger partial charge in [0.15, 0.2) is 11.5 Å². The summed E-state index contributed by atoms with van der Waals surface area (Å²) in [5, 5.41) is 14.3. The molecule has 0 aliphatic rings. The van der Waals surface area contributed by atoms with Gasteiger partial charge in [-0.05, 0) is 35.9 Å². The number of ether oxygens (including phenoxy) is 2. The molecule has 0 fully saturated rings. The van der Waals surface area contributed by atoms with Gasteiger partial charge in [-0.15, -0.1) is 0 Å². The lowest BCUT2D eigenvalue weighted by Crippen LogP contribution is -2.11. The molecular formula is C22H18N4O5. The predicted molar refractivity (Wildman–Crippen MR) is 114 cm³/mol. The zero-order valence-electron chi connectivity index (χ0n) is 16.5. The number of fused-ring (bicyclic) bond motifs is 1. The first-order valence-electron chi connectivity index (χ1n) is 9.32. The number of aromatic nitrogens is 2. The van der Waals surface area contributed by atoms with Crippen molar-refractivity contribution in [2.75, 3.05) is 12.4 Å². The van der Waals surface area contributed by atoms with E-state index in [0.29, 0.717) is 40.3 Å². The number of nitrogens with zero attached hydrogens (tertiary/aromatic N) is 2. The third-order valence-corrected chi connectivity index (χ3v) is 4.69. The van der Waals surface area contributed by atoms with Gasteiger partial charge in [0.05, 0.1) is 17.6 Å². The highest BCUT2D eigenvalue weighted by molar-refractivity contribution is 6.13. The molecule has 0 aliphatic heterocycles. The number of rotatable bonds is 7. The van der Waals surface area contributed by atoms with E-state index in [1.807, 2.05) is 12.1 Å². The normalized spacial score (nSPS) is 10.6. The number of non-ortho nitro benzene ring substituents is 1. The maximum absolute atomic E-state index is 12.8. The minimum Gasteiger partial charge on any atom is -0.493 e. The molecule has 156 valence electrons. The molecule has 2 N–H and O–H groups in total. The Labute approximate surface area is 176 Å². The van der Waals surface area contributed by atoms with Crippen LogP contribution in [-0.2, 0) is 6.61 Å². The van der Waals surface area contributed by atoms with Crippen molar-refractivity contribution < 1.29 is 19.2 Å². The van der Waals surface area contributed by atoms with Gasteiger partial charge in [-0.2, -0.15) is 0 Å². The fourth-order valence-electron chi connectivity index (χ4n) is 3.12. The van der Waals surface area contributed by atoms with Gasteiger partial charge in [-0.25, -0.2) is 0 Å². The molecule has 9 nitrogen and oxygen atoms in total. The molecule has 0 unspecified atom stereocenters. The minimum absolute atomic E-state index is 0.0857. The second-order valence-corrected chi connectivity index (χ2v) is 6.65. The number of hydrogen-bond acceptors (Lipinski definition) is 6. The molecule has 1 amide bonds. The van der Waals surface area contributed by atoms with E-state index in [-0.39, 0.29) is 5.69 Å². The second kappa shape index (κ2) is 8.54. The van der Waals surface area contributed by atoms with Crippen molar-refractivity contribution in [3.05, 3.63) is 88.4 Å². The monoisotopic (exact) mass is 418 g/mol. The lowest BCUT2D eigenvalue weighted by molar-refractivity contribution is -0.384. The third kappa shape index (κ3) is 4.30. The van der Waals surface area contributed by atoms with Gasteiger partial charge in [-0.3, -0.25) is 19.9 Å². The van der Waals surface area contributed by atoms with E-state index >= 15 is 0 Å². The molecule has 31 heavy (non-hydrogen) atoms. The summed E-state index contributed by atoms with van der Waals surface area (Å²) in [5.74, 6) is 0.582. The van der Waals surface area contributed by atoms with Crippen LogP contribution in [0.4, 0.5) is 11.4 Å². The first-order valence-corrected chi connectivity index (χ1v) is 9.32. The van der Waals surface area contributed by atoms with Crippen molar-refractivity contribution in [1.29, 1.82) is 0 Å². The quantitative estimate of drug-likeness (QED) is 0.341. The van der Waals surface area contributed by atoms with E-state index in [0.717, 1.165) is 5.56 Å². The first kappa shape index (κ1) is 19.9. The predicted octanol–water partition coefficient (Wildman–Crippen LogP) is 4.31. The third-order valence-electron chi connectivity index (χ3n) is 4.69. The largest absolute Gasteiger partial charge is 0.493 e. The average molecular weight is 418 g/mol. The Morgan fingerprint density at radius 3 is 2.68 bits per heavy atom. The number of methoxy groups -OCH3 is 1. The summed E-state index contributed by atoms with van der Waals surface area (Å²) in [6.45, 7) is 0.308. The Morgan fingerprint density at radius 1 is 1.13 bits per heavy atom. The Balaban J connectivity index is 1.56. The van der Waals surface area contributed by atoms with Crippen LogP contribution in [0.15, 0.2) is 67.1 Å². The van der Waals surface area contributed by atoms with Crippen molar-refractivity contribution in [3.8, 4) is 11.5 Å². The maximum Gasteiger partial charge on any atom is 0.270 e. The van der Waals surface area contributed by atoms with E-state index in [1.165, 1.54) is 25.4 Å². The fourth-order valence-corrected chi connectivity index (χ4v) is 3.12. The molecule has 2 heterocycles. The topological polar surface area (TPSA) is 119 Å². The van der Waals surface area contributed by atoms with Crippen molar-refractivity contribution in [2.24, 2.45) is 0 Å². The highest BCUT2D eigenvalue weighted by atomic mass is 16.6. The SMILES string of the molecule is COc1ccc(NC(=O)c2c[nH]c3ccc([N+](=O)[O-])cc23)cc1OCc1ccncc1. The van der Waals surface area contributed by atoms with Gasteiger partial charge in [0.1, 0.15) is 6.61 Å². The number of nitrogens with one attached hydrogen (secondary N) is 2. The summed E-state index contributed by atoms with van der Waals surface area (Å²) in [6.07, 6.45) is 4.88. The molecule has 2 aromatic carbocycles. The number of nitro groups is 1. The Hall–Kier alpha value is -4.40.